The van der Waals surface area contributed by atoms with Gasteiger partial charge in [0, 0.05) is 6.04 Å². The summed E-state index contributed by atoms with van der Waals surface area (Å²) in [6.45, 7) is 4.00. The van der Waals surface area contributed by atoms with Gasteiger partial charge in [-0.2, -0.15) is 0 Å². The van der Waals surface area contributed by atoms with Crippen LogP contribution in [-0.4, -0.2) is 23.0 Å². The molecule has 2 N–H and O–H groups in total. The minimum atomic E-state index is -0.919. The van der Waals surface area contributed by atoms with Crippen LogP contribution in [0.3, 0.4) is 0 Å². The Labute approximate surface area is 165 Å². The highest BCUT2D eigenvalue weighted by molar-refractivity contribution is 5.83. The molecule has 0 spiro atoms. The Bertz CT molecular complexity index is 989. The SMILES string of the molecule is Cc1cc(C)cc(CC(=O)N[C@H](CC(=O)O)Cc2ccc3ccccc3c2)c1. The van der Waals surface area contributed by atoms with Crippen LogP contribution in [0.25, 0.3) is 10.8 Å². The third-order valence-corrected chi connectivity index (χ3v) is 4.73. The van der Waals surface area contributed by atoms with E-state index in [1.54, 1.807) is 0 Å². The van der Waals surface area contributed by atoms with Gasteiger partial charge in [0.1, 0.15) is 0 Å². The Balaban J connectivity index is 1.71. The lowest BCUT2D eigenvalue weighted by Gasteiger charge is -2.18. The van der Waals surface area contributed by atoms with Crippen LogP contribution in [-0.2, 0) is 22.4 Å². The molecule has 144 valence electrons. The smallest absolute Gasteiger partial charge is 0.305 e. The van der Waals surface area contributed by atoms with Crippen molar-refractivity contribution in [2.24, 2.45) is 0 Å². The summed E-state index contributed by atoms with van der Waals surface area (Å²) >= 11 is 0. The molecule has 0 bridgehead atoms. The second kappa shape index (κ2) is 8.70. The van der Waals surface area contributed by atoms with Gasteiger partial charge >= 0.3 is 5.97 Å². The Morgan fingerprint density at radius 1 is 0.893 bits per heavy atom. The predicted octanol–water partition coefficient (Wildman–Crippen LogP) is 4.20. The zero-order valence-electron chi connectivity index (χ0n) is 16.2. The number of amides is 1. The zero-order valence-corrected chi connectivity index (χ0v) is 16.2. The first-order valence-electron chi connectivity index (χ1n) is 9.45. The molecule has 0 aliphatic rings. The highest BCUT2D eigenvalue weighted by atomic mass is 16.4. The van der Waals surface area contributed by atoms with Gasteiger partial charge < -0.3 is 10.4 Å². The molecule has 4 nitrogen and oxygen atoms in total. The third-order valence-electron chi connectivity index (χ3n) is 4.73. The number of fused-ring (bicyclic) bond motifs is 1. The molecule has 0 aliphatic carbocycles. The van der Waals surface area contributed by atoms with Crippen molar-refractivity contribution < 1.29 is 14.7 Å². The lowest BCUT2D eigenvalue weighted by Crippen LogP contribution is -2.39. The fourth-order valence-electron chi connectivity index (χ4n) is 3.67. The fraction of sp³-hybridized carbons (Fsp3) is 0.250. The van der Waals surface area contributed by atoms with Crippen molar-refractivity contribution in [1.29, 1.82) is 0 Å². The Morgan fingerprint density at radius 2 is 1.57 bits per heavy atom. The van der Waals surface area contributed by atoms with Crippen molar-refractivity contribution in [3.05, 3.63) is 82.9 Å². The molecule has 4 heteroatoms. The van der Waals surface area contributed by atoms with Crippen LogP contribution in [0, 0.1) is 13.8 Å². The van der Waals surface area contributed by atoms with Crippen LogP contribution in [0.4, 0.5) is 0 Å². The molecule has 0 saturated heterocycles. The first-order valence-corrected chi connectivity index (χ1v) is 9.45. The summed E-state index contributed by atoms with van der Waals surface area (Å²) in [4.78, 5) is 23.8. The topological polar surface area (TPSA) is 66.4 Å². The van der Waals surface area contributed by atoms with Crippen LogP contribution in [0.5, 0.6) is 0 Å². The van der Waals surface area contributed by atoms with E-state index < -0.39 is 12.0 Å². The van der Waals surface area contributed by atoms with Crippen LogP contribution >= 0.6 is 0 Å². The minimum Gasteiger partial charge on any atom is -0.481 e. The van der Waals surface area contributed by atoms with E-state index in [9.17, 15) is 14.7 Å². The molecule has 3 rings (SSSR count). The molecule has 0 aromatic heterocycles. The number of nitrogens with one attached hydrogen (secondary N) is 1. The highest BCUT2D eigenvalue weighted by Gasteiger charge is 2.17. The van der Waals surface area contributed by atoms with Crippen LogP contribution in [0.2, 0.25) is 0 Å². The van der Waals surface area contributed by atoms with E-state index in [0.717, 1.165) is 33.0 Å². The fourth-order valence-corrected chi connectivity index (χ4v) is 3.67. The molecule has 3 aromatic rings. The van der Waals surface area contributed by atoms with Gasteiger partial charge in [-0.05, 0) is 42.2 Å². The quantitative estimate of drug-likeness (QED) is 0.650. The summed E-state index contributed by atoms with van der Waals surface area (Å²) in [5.41, 5.74) is 4.17. The maximum absolute atomic E-state index is 12.5. The second-order valence-corrected chi connectivity index (χ2v) is 7.42. The van der Waals surface area contributed by atoms with E-state index in [1.807, 2.05) is 62.4 Å². The Morgan fingerprint density at radius 3 is 2.25 bits per heavy atom. The lowest BCUT2D eigenvalue weighted by molar-refractivity contribution is -0.137. The number of carboxylic acid groups (broad SMARTS) is 1. The monoisotopic (exact) mass is 375 g/mol. The molecular formula is C24H25NO3. The first-order chi connectivity index (χ1) is 13.4. The predicted molar refractivity (Wildman–Crippen MR) is 111 cm³/mol. The molecule has 0 unspecified atom stereocenters. The van der Waals surface area contributed by atoms with E-state index in [4.69, 9.17) is 0 Å². The van der Waals surface area contributed by atoms with Crippen molar-refractivity contribution in [3.8, 4) is 0 Å². The molecule has 0 radical (unpaired) electrons. The molecule has 1 amide bonds. The van der Waals surface area contributed by atoms with Crippen LogP contribution in [0.15, 0.2) is 60.7 Å². The highest BCUT2D eigenvalue weighted by Crippen LogP contribution is 2.17. The summed E-state index contributed by atoms with van der Waals surface area (Å²) in [7, 11) is 0. The standard InChI is InChI=1S/C24H25NO3/c1-16-9-17(2)11-19(10-16)14-23(26)25-22(15-24(27)28)13-18-7-8-20-5-3-4-6-21(20)12-18/h3-12,22H,13-15H2,1-2H3,(H,25,26)(H,27,28)/t22-/m0/s1. The molecular weight excluding hydrogens is 350 g/mol. The summed E-state index contributed by atoms with van der Waals surface area (Å²) in [5.74, 6) is -1.07. The van der Waals surface area contributed by atoms with Crippen molar-refractivity contribution in [3.63, 3.8) is 0 Å². The van der Waals surface area contributed by atoms with Gasteiger partial charge in [-0.1, -0.05) is 71.8 Å². The van der Waals surface area contributed by atoms with E-state index in [1.165, 1.54) is 0 Å². The number of carbonyl (C=O) groups excluding carboxylic acids is 1. The van der Waals surface area contributed by atoms with E-state index in [2.05, 4.69) is 17.4 Å². The van der Waals surface area contributed by atoms with Crippen molar-refractivity contribution in [2.75, 3.05) is 0 Å². The number of hydrogen-bond donors (Lipinski definition) is 2. The number of carboxylic acids is 1. The zero-order chi connectivity index (χ0) is 20.1. The normalized spacial score (nSPS) is 11.9. The Kier molecular flexibility index (Phi) is 6.09. The molecule has 0 saturated carbocycles. The van der Waals surface area contributed by atoms with Gasteiger partial charge in [0.15, 0.2) is 0 Å². The maximum Gasteiger partial charge on any atom is 0.305 e. The van der Waals surface area contributed by atoms with Gasteiger partial charge in [0.05, 0.1) is 12.8 Å². The van der Waals surface area contributed by atoms with Crippen molar-refractivity contribution in [2.45, 2.75) is 39.2 Å². The van der Waals surface area contributed by atoms with Crippen molar-refractivity contribution >= 4 is 22.6 Å². The maximum atomic E-state index is 12.5. The number of carbonyl (C=O) groups is 2. The van der Waals surface area contributed by atoms with Crippen LogP contribution in [0.1, 0.15) is 28.7 Å². The van der Waals surface area contributed by atoms with Gasteiger partial charge in [-0.25, -0.2) is 0 Å². The van der Waals surface area contributed by atoms with Crippen molar-refractivity contribution in [1.82, 2.24) is 5.32 Å². The summed E-state index contributed by atoms with van der Waals surface area (Å²) in [5, 5.41) is 14.4. The molecule has 0 fully saturated rings. The molecule has 28 heavy (non-hydrogen) atoms. The van der Waals surface area contributed by atoms with Gasteiger partial charge in [0.25, 0.3) is 0 Å². The average Bonchev–Trinajstić information content (AvgIpc) is 2.60. The number of aliphatic carboxylic acids is 1. The third kappa shape index (κ3) is 5.43. The summed E-state index contributed by atoms with van der Waals surface area (Å²) in [6.07, 6.45) is 0.623. The minimum absolute atomic E-state index is 0.106. The van der Waals surface area contributed by atoms with E-state index in [0.29, 0.717) is 6.42 Å². The van der Waals surface area contributed by atoms with Gasteiger partial charge in [-0.15, -0.1) is 0 Å². The largest absolute Gasteiger partial charge is 0.481 e. The van der Waals surface area contributed by atoms with E-state index in [-0.39, 0.29) is 18.7 Å². The number of aryl methyl sites for hydroxylation is 2. The number of hydrogen-bond acceptors (Lipinski definition) is 2. The van der Waals surface area contributed by atoms with Gasteiger partial charge in [-0.3, -0.25) is 9.59 Å². The first kappa shape index (κ1) is 19.6. The second-order valence-electron chi connectivity index (χ2n) is 7.42. The number of rotatable bonds is 7. The number of benzene rings is 3. The molecule has 0 aliphatic heterocycles. The van der Waals surface area contributed by atoms with Crippen LogP contribution < -0.4 is 5.32 Å². The Hall–Kier alpha value is -3.14. The molecule has 3 aromatic carbocycles. The average molecular weight is 375 g/mol. The molecule has 0 heterocycles. The van der Waals surface area contributed by atoms with E-state index >= 15 is 0 Å². The lowest BCUT2D eigenvalue weighted by atomic mass is 9.99. The summed E-state index contributed by atoms with van der Waals surface area (Å²) < 4.78 is 0. The molecule has 1 atom stereocenters. The summed E-state index contributed by atoms with van der Waals surface area (Å²) in [6, 6.07) is 19.7. The van der Waals surface area contributed by atoms with Gasteiger partial charge in [0.2, 0.25) is 5.91 Å².